The maximum Gasteiger partial charge on any atom is 0.164 e. The maximum absolute atomic E-state index is 12.2. The summed E-state index contributed by atoms with van der Waals surface area (Å²) >= 11 is 0. The van der Waals surface area contributed by atoms with E-state index < -0.39 is 0 Å². The molecule has 2 heterocycles. The smallest absolute Gasteiger partial charge is 0.164 e. The fourth-order valence-electron chi connectivity index (χ4n) is 5.62. The van der Waals surface area contributed by atoms with Crippen molar-refractivity contribution in [1.82, 2.24) is 4.98 Å². The van der Waals surface area contributed by atoms with Crippen molar-refractivity contribution >= 4 is 27.5 Å². The molecule has 0 saturated carbocycles. The molecule has 0 atom stereocenters. The van der Waals surface area contributed by atoms with Gasteiger partial charge >= 0.3 is 0 Å². The second-order valence-corrected chi connectivity index (χ2v) is 13.9. The molecule has 5 heteroatoms. The summed E-state index contributed by atoms with van der Waals surface area (Å²) in [6.45, 7) is 18.8. The van der Waals surface area contributed by atoms with Gasteiger partial charge < -0.3 is 9.52 Å². The van der Waals surface area contributed by atoms with Crippen LogP contribution in [0.2, 0.25) is 0 Å². The summed E-state index contributed by atoms with van der Waals surface area (Å²) in [5, 5.41) is 13.6. The molecule has 0 aliphatic rings. The van der Waals surface area contributed by atoms with Crippen molar-refractivity contribution in [2.75, 3.05) is 0 Å². The molecule has 0 amide bonds. The molecule has 0 aliphatic carbocycles. The maximum atomic E-state index is 12.2. The van der Waals surface area contributed by atoms with Gasteiger partial charge in [0, 0.05) is 59.9 Å². The van der Waals surface area contributed by atoms with Crippen LogP contribution in [0.4, 0.5) is 0 Å². The molecule has 0 saturated heterocycles. The number of hydrogen-bond donors (Lipinski definition) is 1. The molecule has 1 N–H and O–H groups in total. The van der Waals surface area contributed by atoms with Gasteiger partial charge in [0.2, 0.25) is 0 Å². The number of aliphatic hydroxyl groups is 1. The Balaban J connectivity index is 0.000000290. The molecule has 5 rings (SSSR count). The Morgan fingerprint density at radius 1 is 0.830 bits per heavy atom. The van der Waals surface area contributed by atoms with Crippen LogP contribution in [0.1, 0.15) is 93.6 Å². The number of ketones is 1. The monoisotopic (exact) mass is 809 g/mol. The van der Waals surface area contributed by atoms with E-state index >= 15 is 0 Å². The summed E-state index contributed by atoms with van der Waals surface area (Å²) in [7, 11) is 0. The summed E-state index contributed by atoms with van der Waals surface area (Å²) < 4.78 is 5.74. The van der Waals surface area contributed by atoms with Crippen molar-refractivity contribution in [1.29, 1.82) is 0 Å². The Hall–Kier alpha value is -3.53. The molecule has 0 spiro atoms. The summed E-state index contributed by atoms with van der Waals surface area (Å²) in [6.07, 6.45) is 8.45. The number of carbonyl (C=O) groups is 1. The quantitative estimate of drug-likeness (QED) is 0.0915. The van der Waals surface area contributed by atoms with Gasteiger partial charge in [-0.3, -0.25) is 9.78 Å². The van der Waals surface area contributed by atoms with E-state index in [-0.39, 0.29) is 47.9 Å². The number of carbonyl (C=O) groups excluding carboxylic acids is 1. The minimum Gasteiger partial charge on any atom is -0.512 e. The Morgan fingerprint density at radius 2 is 1.43 bits per heavy atom. The van der Waals surface area contributed by atoms with Gasteiger partial charge in [-0.15, -0.1) is 29.1 Å². The number of aromatic nitrogens is 1. The minimum absolute atomic E-state index is 0. The van der Waals surface area contributed by atoms with E-state index in [0.29, 0.717) is 0 Å². The van der Waals surface area contributed by atoms with E-state index in [1.807, 2.05) is 78.3 Å². The molecule has 2 aromatic heterocycles. The van der Waals surface area contributed by atoms with Crippen LogP contribution in [0.5, 0.6) is 0 Å². The van der Waals surface area contributed by atoms with Crippen molar-refractivity contribution in [3.8, 4) is 22.4 Å². The molecular weight excluding hydrogens is 759 g/mol. The first-order valence-corrected chi connectivity index (χ1v) is 16.6. The van der Waals surface area contributed by atoms with Crippen LogP contribution >= 0.6 is 0 Å². The van der Waals surface area contributed by atoms with Gasteiger partial charge in [-0.25, -0.2) is 0 Å². The zero-order chi connectivity index (χ0) is 33.7. The van der Waals surface area contributed by atoms with E-state index in [1.54, 1.807) is 0 Å². The predicted octanol–water partition coefficient (Wildman–Crippen LogP) is 12.1. The molecular formula is C42H50IrNO3-. The Morgan fingerprint density at radius 3 is 2.04 bits per heavy atom. The molecule has 0 aliphatic heterocycles. The third kappa shape index (κ3) is 8.31. The number of nitrogens with zero attached hydrogens (tertiary/aromatic N) is 1. The second kappa shape index (κ2) is 15.6. The fraction of sp³-hybridized carbons (Fsp3) is 0.381. The predicted molar refractivity (Wildman–Crippen MR) is 193 cm³/mol. The van der Waals surface area contributed by atoms with E-state index in [9.17, 15) is 9.90 Å². The topological polar surface area (TPSA) is 63.3 Å². The minimum atomic E-state index is -0.337. The first-order valence-electron chi connectivity index (χ1n) is 16.6. The summed E-state index contributed by atoms with van der Waals surface area (Å²) in [5.74, 6) is 0.286. The van der Waals surface area contributed by atoms with Gasteiger partial charge in [-0.2, -0.15) is 0 Å². The van der Waals surface area contributed by atoms with E-state index in [1.165, 1.54) is 17.0 Å². The van der Waals surface area contributed by atoms with Gasteiger partial charge in [-0.05, 0) is 48.8 Å². The number of pyridine rings is 1. The van der Waals surface area contributed by atoms with Gasteiger partial charge in [0.1, 0.15) is 11.3 Å². The number of rotatable bonds is 9. The van der Waals surface area contributed by atoms with Crippen LogP contribution in [-0.4, -0.2) is 15.9 Å². The van der Waals surface area contributed by atoms with Crippen LogP contribution in [0.25, 0.3) is 44.1 Å². The van der Waals surface area contributed by atoms with Crippen molar-refractivity contribution in [2.45, 2.75) is 93.4 Å². The van der Waals surface area contributed by atoms with Crippen LogP contribution < -0.4 is 0 Å². The number of aliphatic hydroxyl groups excluding tert-OH is 1. The Labute approximate surface area is 295 Å². The van der Waals surface area contributed by atoms with Gasteiger partial charge in [-0.1, -0.05) is 116 Å². The SMILES string of the molecule is CC(C)(C)c1cc(-c2cc(-c3coc4ccccc34)ccn2)[c-]c2ccccc12.CCC(C)(CC)C(=O)/C=C(\O)C(C)(CC)CC.[Ir]. The standard InChI is InChI=1S/C27H22NO.C15H28O2.Ir/c1-27(2,3)24-15-20(14-18-8-4-5-9-21(18)24)25-16-19(12-13-28-25)23-17-29-26-11-7-6-10-22(23)26;1-7-14(5,8-2)12(16)11-13(17)15(6,9-3)10-4;/h4-13,15-17H,1-3H3;11,16H,7-10H2,1-6H3;/q-1;;/b;12-11-;. The van der Waals surface area contributed by atoms with Crippen LogP contribution in [0.3, 0.4) is 0 Å². The summed E-state index contributed by atoms with van der Waals surface area (Å²) in [4.78, 5) is 16.8. The molecule has 47 heavy (non-hydrogen) atoms. The average molecular weight is 809 g/mol. The third-order valence-corrected chi connectivity index (χ3v) is 10.0. The van der Waals surface area contributed by atoms with Crippen LogP contribution in [0.15, 0.2) is 95.4 Å². The van der Waals surface area contributed by atoms with Crippen LogP contribution in [-0.2, 0) is 30.3 Å². The number of allylic oxidation sites excluding steroid dienone is 2. The van der Waals surface area contributed by atoms with Crippen molar-refractivity contribution in [3.63, 3.8) is 0 Å². The summed E-state index contributed by atoms with van der Waals surface area (Å²) in [5.41, 5.74) is 5.75. The Kier molecular flexibility index (Phi) is 12.6. The van der Waals surface area contributed by atoms with Crippen molar-refractivity contribution in [3.05, 3.63) is 103 Å². The van der Waals surface area contributed by atoms with Gasteiger partial charge in [0.15, 0.2) is 5.78 Å². The number of hydrogen-bond acceptors (Lipinski definition) is 4. The molecule has 0 fully saturated rings. The largest absolute Gasteiger partial charge is 0.512 e. The number of para-hydroxylation sites is 1. The normalized spacial score (nSPS) is 12.4. The first kappa shape index (κ1) is 37.9. The molecule has 4 nitrogen and oxygen atoms in total. The Bertz CT molecular complexity index is 1830. The number of benzene rings is 3. The second-order valence-electron chi connectivity index (χ2n) is 13.9. The number of fused-ring (bicyclic) bond motifs is 2. The van der Waals surface area contributed by atoms with E-state index in [0.717, 1.165) is 64.4 Å². The molecule has 5 aromatic rings. The summed E-state index contributed by atoms with van der Waals surface area (Å²) in [6, 6.07) is 26.6. The average Bonchev–Trinajstić information content (AvgIpc) is 3.51. The molecule has 251 valence electrons. The van der Waals surface area contributed by atoms with Gasteiger partial charge in [0.25, 0.3) is 0 Å². The molecule has 1 radical (unpaired) electrons. The zero-order valence-corrected chi connectivity index (χ0v) is 31.9. The van der Waals surface area contributed by atoms with Gasteiger partial charge in [0.05, 0.1) is 6.26 Å². The zero-order valence-electron chi connectivity index (χ0n) is 29.5. The van der Waals surface area contributed by atoms with Crippen molar-refractivity contribution < 1.29 is 34.4 Å². The van der Waals surface area contributed by atoms with E-state index in [2.05, 4.69) is 74.3 Å². The van der Waals surface area contributed by atoms with Crippen LogP contribution in [0, 0.1) is 16.9 Å². The first-order chi connectivity index (χ1) is 21.8. The van der Waals surface area contributed by atoms with Crippen molar-refractivity contribution in [2.24, 2.45) is 10.8 Å². The van der Waals surface area contributed by atoms with E-state index in [4.69, 9.17) is 4.42 Å². The molecule has 0 unspecified atom stereocenters. The third-order valence-electron chi connectivity index (χ3n) is 10.0. The molecule has 0 bridgehead atoms. The molecule has 3 aromatic carbocycles. The number of furan rings is 1. The fourth-order valence-corrected chi connectivity index (χ4v) is 5.62.